The van der Waals surface area contributed by atoms with Crippen LogP contribution in [-0.4, -0.2) is 91.3 Å². The summed E-state index contributed by atoms with van der Waals surface area (Å²) in [6, 6.07) is 1.81. The van der Waals surface area contributed by atoms with Crippen LogP contribution in [0.1, 0.15) is 41.5 Å². The van der Waals surface area contributed by atoms with E-state index < -0.39 is 6.10 Å². The van der Waals surface area contributed by atoms with Gasteiger partial charge in [-0.15, -0.1) is 0 Å². The number of hydrogen-bond acceptors (Lipinski definition) is 8. The Hall–Kier alpha value is -3.05. The number of likely N-dealkylation sites (tertiary alicyclic amines) is 1. The summed E-state index contributed by atoms with van der Waals surface area (Å²) in [6.07, 6.45) is 5.21. The molecule has 0 saturated carbocycles. The summed E-state index contributed by atoms with van der Waals surface area (Å²) in [5.41, 5.74) is 2.56. The second-order valence-corrected chi connectivity index (χ2v) is 8.84. The molecule has 11 nitrogen and oxygen atoms in total. The van der Waals surface area contributed by atoms with Crippen molar-refractivity contribution in [1.82, 2.24) is 34.9 Å². The van der Waals surface area contributed by atoms with E-state index in [1.807, 2.05) is 22.8 Å². The van der Waals surface area contributed by atoms with Gasteiger partial charge in [0.2, 0.25) is 5.91 Å². The maximum Gasteiger partial charge on any atom is 0.270 e. The lowest BCUT2D eigenvalue weighted by atomic mass is 10.1. The van der Waals surface area contributed by atoms with E-state index in [1.165, 1.54) is 11.9 Å². The molecule has 2 aliphatic heterocycles. The number of aromatic nitrogens is 4. The highest BCUT2D eigenvalue weighted by Crippen LogP contribution is 2.17. The van der Waals surface area contributed by atoms with Gasteiger partial charge in [-0.25, -0.2) is 9.97 Å². The second-order valence-electron chi connectivity index (χ2n) is 8.84. The highest BCUT2D eigenvalue weighted by atomic mass is 16.3. The molecule has 0 aromatic carbocycles. The van der Waals surface area contributed by atoms with Gasteiger partial charge in [0.15, 0.2) is 0 Å². The molecule has 11 heteroatoms. The topological polar surface area (TPSA) is 129 Å². The summed E-state index contributed by atoms with van der Waals surface area (Å²) in [7, 11) is 1.91. The first-order valence-corrected chi connectivity index (χ1v) is 11.4. The largest absolute Gasteiger partial charge is 0.390 e. The van der Waals surface area contributed by atoms with Crippen molar-refractivity contribution in [2.45, 2.75) is 44.9 Å². The molecular weight excluding hydrogens is 424 g/mol. The molecule has 4 heterocycles. The number of nitrogens with one attached hydrogen (secondary N) is 2. The number of hydrogen-bond donors (Lipinski definition) is 3. The molecular formula is C22H32N8O3. The first-order valence-electron chi connectivity index (χ1n) is 11.4. The average Bonchev–Trinajstić information content (AvgIpc) is 3.17. The standard InChI is InChI=1S/C22H32N8O3/c1-15(31)30-7-3-17(4-8-30)26-21-9-20(24-14-25-21)22(33)23-10-18(32)13-29-6-5-19-16(12-29)11-28(2)27-19/h9,11,14,17-18,32H,3-8,10,12-13H2,1-2H3,(H,23,33)(H,24,25,26)/t18-/m0/s1. The molecule has 0 radical (unpaired) electrons. The van der Waals surface area contributed by atoms with Crippen LogP contribution in [0.15, 0.2) is 18.6 Å². The summed E-state index contributed by atoms with van der Waals surface area (Å²) in [4.78, 5) is 36.3. The van der Waals surface area contributed by atoms with Crippen LogP contribution in [-0.2, 0) is 24.8 Å². The van der Waals surface area contributed by atoms with Crippen molar-refractivity contribution in [2.24, 2.45) is 7.05 Å². The molecule has 1 fully saturated rings. The monoisotopic (exact) mass is 456 g/mol. The Labute approximate surface area is 193 Å². The van der Waals surface area contributed by atoms with Gasteiger partial charge in [-0.3, -0.25) is 19.2 Å². The van der Waals surface area contributed by atoms with Crippen LogP contribution in [0.4, 0.5) is 5.82 Å². The molecule has 0 aliphatic carbocycles. The van der Waals surface area contributed by atoms with Crippen molar-refractivity contribution < 1.29 is 14.7 Å². The summed E-state index contributed by atoms with van der Waals surface area (Å²) >= 11 is 0. The van der Waals surface area contributed by atoms with Gasteiger partial charge in [0.1, 0.15) is 17.8 Å². The van der Waals surface area contributed by atoms with Crippen LogP contribution in [0, 0.1) is 0 Å². The molecule has 1 atom stereocenters. The predicted octanol–water partition coefficient (Wildman–Crippen LogP) is -0.218. The Bertz CT molecular complexity index is 986. The molecule has 3 N–H and O–H groups in total. The molecule has 0 spiro atoms. The van der Waals surface area contributed by atoms with Crippen molar-refractivity contribution in [3.8, 4) is 0 Å². The highest BCUT2D eigenvalue weighted by Gasteiger charge is 2.23. The van der Waals surface area contributed by atoms with E-state index in [1.54, 1.807) is 13.0 Å². The van der Waals surface area contributed by atoms with Crippen molar-refractivity contribution in [3.63, 3.8) is 0 Å². The zero-order chi connectivity index (χ0) is 23.4. The zero-order valence-corrected chi connectivity index (χ0v) is 19.2. The molecule has 1 saturated heterocycles. The molecule has 4 rings (SSSR count). The van der Waals surface area contributed by atoms with Crippen LogP contribution >= 0.6 is 0 Å². The Morgan fingerprint density at radius 3 is 2.79 bits per heavy atom. The number of carbonyl (C=O) groups is 2. The number of carbonyl (C=O) groups excluding carboxylic acids is 2. The zero-order valence-electron chi connectivity index (χ0n) is 19.2. The van der Waals surface area contributed by atoms with Gasteiger partial charge in [0.25, 0.3) is 5.91 Å². The number of β-amino-alcohol motifs (C(OH)–C–C–N with tert-alkyl or cyclic N) is 1. The quantitative estimate of drug-likeness (QED) is 0.522. The molecule has 0 unspecified atom stereocenters. The molecule has 2 aromatic rings. The predicted molar refractivity (Wildman–Crippen MR) is 121 cm³/mol. The minimum Gasteiger partial charge on any atom is -0.390 e. The lowest BCUT2D eigenvalue weighted by Crippen LogP contribution is -2.42. The van der Waals surface area contributed by atoms with Gasteiger partial charge in [0.05, 0.1) is 11.8 Å². The van der Waals surface area contributed by atoms with Gasteiger partial charge in [-0.2, -0.15) is 5.10 Å². The number of aliphatic hydroxyl groups excluding tert-OH is 1. The van der Waals surface area contributed by atoms with Crippen LogP contribution < -0.4 is 10.6 Å². The van der Waals surface area contributed by atoms with E-state index in [9.17, 15) is 14.7 Å². The molecule has 0 bridgehead atoms. The smallest absolute Gasteiger partial charge is 0.270 e. The summed E-state index contributed by atoms with van der Waals surface area (Å²) in [5, 5.41) is 21.0. The van der Waals surface area contributed by atoms with Crippen molar-refractivity contribution in [1.29, 1.82) is 0 Å². The number of amides is 2. The average molecular weight is 457 g/mol. The minimum absolute atomic E-state index is 0.0961. The van der Waals surface area contributed by atoms with Gasteiger partial charge >= 0.3 is 0 Å². The van der Waals surface area contributed by atoms with Crippen molar-refractivity contribution >= 4 is 17.6 Å². The fourth-order valence-corrected chi connectivity index (χ4v) is 4.44. The Balaban J connectivity index is 1.23. The van der Waals surface area contributed by atoms with E-state index in [-0.39, 0.29) is 30.1 Å². The molecule has 2 aromatic heterocycles. The van der Waals surface area contributed by atoms with E-state index in [0.717, 1.165) is 38.0 Å². The van der Waals surface area contributed by atoms with Crippen LogP contribution in [0.2, 0.25) is 0 Å². The third-order valence-corrected chi connectivity index (χ3v) is 6.21. The normalized spacial score (nSPS) is 18.0. The molecule has 178 valence electrons. The van der Waals surface area contributed by atoms with E-state index in [4.69, 9.17) is 0 Å². The third-order valence-electron chi connectivity index (χ3n) is 6.21. The highest BCUT2D eigenvalue weighted by molar-refractivity contribution is 5.92. The molecule has 2 amide bonds. The van der Waals surface area contributed by atoms with Gasteiger partial charge in [-0.05, 0) is 12.8 Å². The summed E-state index contributed by atoms with van der Waals surface area (Å²) < 4.78 is 1.82. The van der Waals surface area contributed by atoms with Crippen molar-refractivity contribution in [3.05, 3.63) is 35.5 Å². The number of anilines is 1. The lowest BCUT2D eigenvalue weighted by Gasteiger charge is -2.31. The third kappa shape index (κ3) is 6.05. The van der Waals surface area contributed by atoms with E-state index >= 15 is 0 Å². The number of piperidine rings is 1. The van der Waals surface area contributed by atoms with E-state index in [2.05, 4.69) is 30.6 Å². The van der Waals surface area contributed by atoms with Gasteiger partial charge in [-0.1, -0.05) is 0 Å². The van der Waals surface area contributed by atoms with Crippen molar-refractivity contribution in [2.75, 3.05) is 38.0 Å². The summed E-state index contributed by atoms with van der Waals surface area (Å²) in [5.74, 6) is 0.329. The Morgan fingerprint density at radius 2 is 2.03 bits per heavy atom. The van der Waals surface area contributed by atoms with Crippen LogP contribution in [0.3, 0.4) is 0 Å². The Morgan fingerprint density at radius 1 is 1.24 bits per heavy atom. The maximum absolute atomic E-state index is 12.6. The van der Waals surface area contributed by atoms with Gasteiger partial charge in [0, 0.05) is 83.5 Å². The number of aliphatic hydroxyl groups is 1. The minimum atomic E-state index is -0.682. The van der Waals surface area contributed by atoms with Gasteiger partial charge < -0.3 is 20.6 Å². The number of aryl methyl sites for hydroxylation is 1. The molecule has 2 aliphatic rings. The first kappa shape index (κ1) is 23.1. The lowest BCUT2D eigenvalue weighted by molar-refractivity contribution is -0.129. The number of fused-ring (bicyclic) bond motifs is 1. The van der Waals surface area contributed by atoms with Crippen LogP contribution in [0.25, 0.3) is 0 Å². The first-order chi connectivity index (χ1) is 15.9. The second kappa shape index (κ2) is 10.3. The SMILES string of the molecule is CC(=O)N1CCC(Nc2cc(C(=O)NC[C@H](O)CN3CCc4nn(C)cc4C3)ncn2)CC1. The maximum atomic E-state index is 12.6. The van der Waals surface area contributed by atoms with E-state index in [0.29, 0.717) is 25.5 Å². The Kier molecular flexibility index (Phi) is 7.19. The van der Waals surface area contributed by atoms with Crippen LogP contribution in [0.5, 0.6) is 0 Å². The number of nitrogens with zero attached hydrogens (tertiary/aromatic N) is 6. The summed E-state index contributed by atoms with van der Waals surface area (Å²) in [6.45, 7) is 5.21. The molecule has 33 heavy (non-hydrogen) atoms. The number of rotatable bonds is 7. The fraction of sp³-hybridized carbons (Fsp3) is 0.591. The fourth-order valence-electron chi connectivity index (χ4n) is 4.44.